The van der Waals surface area contributed by atoms with Crippen LogP contribution in [0.4, 0.5) is 5.69 Å². The van der Waals surface area contributed by atoms with Gasteiger partial charge in [0.1, 0.15) is 5.84 Å². The van der Waals surface area contributed by atoms with Crippen LogP contribution >= 0.6 is 23.2 Å². The van der Waals surface area contributed by atoms with E-state index in [-0.39, 0.29) is 0 Å². The fourth-order valence-corrected chi connectivity index (χ4v) is 5.57. The maximum atomic E-state index is 6.41. The molecule has 4 fully saturated rings. The molecule has 2 aliphatic carbocycles. The molecule has 1 aromatic rings. The maximum absolute atomic E-state index is 6.41. The van der Waals surface area contributed by atoms with Gasteiger partial charge in [-0.05, 0) is 55.6 Å². The molecule has 110 valence electrons. The smallest absolute Gasteiger partial charge is 0.109 e. The van der Waals surface area contributed by atoms with Crippen molar-refractivity contribution in [1.29, 1.82) is 0 Å². The summed E-state index contributed by atoms with van der Waals surface area (Å²) in [5, 5.41) is 1.25. The molecule has 3 aliphatic heterocycles. The van der Waals surface area contributed by atoms with Gasteiger partial charge in [0.25, 0.3) is 0 Å². The quantitative estimate of drug-likeness (QED) is 0.653. The molecule has 0 N–H and O–H groups in total. The molecule has 2 atom stereocenters. The lowest BCUT2D eigenvalue weighted by molar-refractivity contribution is 0.128. The van der Waals surface area contributed by atoms with Gasteiger partial charge in [0.05, 0.1) is 15.7 Å². The van der Waals surface area contributed by atoms with E-state index in [9.17, 15) is 0 Å². The monoisotopic (exact) mass is 320 g/mol. The Kier molecular flexibility index (Phi) is 2.67. The van der Waals surface area contributed by atoms with Crippen LogP contribution < -0.4 is 0 Å². The maximum Gasteiger partial charge on any atom is 0.109 e. The van der Waals surface area contributed by atoms with Crippen molar-refractivity contribution in [2.75, 3.05) is 0 Å². The predicted molar refractivity (Wildman–Crippen MR) is 86.4 cm³/mol. The SMILES string of the molecule is Clc1ccc2c(c1Cl)N=C1C3C[C@H]4CC(C[C@H](C3)C4)N1C2. The molecule has 4 heteroatoms. The zero-order chi connectivity index (χ0) is 14.1. The van der Waals surface area contributed by atoms with Crippen molar-refractivity contribution < 1.29 is 0 Å². The summed E-state index contributed by atoms with van der Waals surface area (Å²) in [6.45, 7) is 0.964. The largest absolute Gasteiger partial charge is 0.352 e. The van der Waals surface area contributed by atoms with E-state index >= 15 is 0 Å². The van der Waals surface area contributed by atoms with Crippen molar-refractivity contribution >= 4 is 34.7 Å². The molecule has 2 saturated carbocycles. The summed E-state index contributed by atoms with van der Waals surface area (Å²) in [5.41, 5.74) is 2.16. The van der Waals surface area contributed by atoms with Gasteiger partial charge in [0.15, 0.2) is 0 Å². The van der Waals surface area contributed by atoms with Gasteiger partial charge in [-0.3, -0.25) is 0 Å². The van der Waals surface area contributed by atoms with E-state index in [0.29, 0.717) is 22.0 Å². The summed E-state index contributed by atoms with van der Waals surface area (Å²) >= 11 is 12.6. The summed E-state index contributed by atoms with van der Waals surface area (Å²) in [4.78, 5) is 7.61. The molecule has 2 saturated heterocycles. The lowest BCUT2D eigenvalue weighted by Gasteiger charge is -2.39. The third-order valence-electron chi connectivity index (χ3n) is 5.93. The molecule has 4 bridgehead atoms. The molecule has 3 heterocycles. The van der Waals surface area contributed by atoms with E-state index in [1.807, 2.05) is 6.07 Å². The standard InChI is InChI=1S/C17H18Cl2N2/c18-14-2-1-11-8-21-13-6-9-3-10(7-13)5-12(4-9)17(21)20-16(11)15(14)19/h1-2,9-10,12-13H,3-8H2/t9-,10-,12?,13?/m0/s1. The van der Waals surface area contributed by atoms with E-state index in [2.05, 4.69) is 11.0 Å². The first-order valence-corrected chi connectivity index (χ1v) is 8.76. The number of halogens is 2. The summed E-state index contributed by atoms with van der Waals surface area (Å²) in [7, 11) is 0. The van der Waals surface area contributed by atoms with Gasteiger partial charge >= 0.3 is 0 Å². The fraction of sp³-hybridized carbons (Fsp3) is 0.588. The number of nitrogens with zero attached hydrogens (tertiary/aromatic N) is 2. The van der Waals surface area contributed by atoms with E-state index in [1.165, 1.54) is 43.5 Å². The highest BCUT2D eigenvalue weighted by atomic mass is 35.5. The van der Waals surface area contributed by atoms with Crippen molar-refractivity contribution in [3.8, 4) is 0 Å². The van der Waals surface area contributed by atoms with E-state index in [0.717, 1.165) is 24.1 Å². The van der Waals surface area contributed by atoms with Gasteiger partial charge in [-0.15, -0.1) is 0 Å². The van der Waals surface area contributed by atoms with Crippen LogP contribution in [-0.2, 0) is 6.54 Å². The third kappa shape index (κ3) is 1.82. The van der Waals surface area contributed by atoms with Gasteiger partial charge < -0.3 is 4.90 Å². The zero-order valence-corrected chi connectivity index (χ0v) is 13.4. The molecule has 0 spiro atoms. The highest BCUT2D eigenvalue weighted by molar-refractivity contribution is 6.43. The van der Waals surface area contributed by atoms with Crippen molar-refractivity contribution in [2.24, 2.45) is 22.7 Å². The van der Waals surface area contributed by atoms with Crippen molar-refractivity contribution in [2.45, 2.75) is 44.7 Å². The van der Waals surface area contributed by atoms with E-state index in [4.69, 9.17) is 28.2 Å². The molecule has 5 aliphatic rings. The van der Waals surface area contributed by atoms with Gasteiger partial charge in [0.2, 0.25) is 0 Å². The van der Waals surface area contributed by atoms with Gasteiger partial charge in [-0.2, -0.15) is 0 Å². The Morgan fingerprint density at radius 2 is 1.76 bits per heavy atom. The molecular weight excluding hydrogens is 303 g/mol. The molecule has 21 heavy (non-hydrogen) atoms. The van der Waals surface area contributed by atoms with Crippen LogP contribution in [0.25, 0.3) is 0 Å². The first kappa shape index (κ1) is 12.8. The highest BCUT2D eigenvalue weighted by Gasteiger charge is 2.46. The van der Waals surface area contributed by atoms with Crippen LogP contribution in [-0.4, -0.2) is 16.8 Å². The molecule has 0 radical (unpaired) electrons. The van der Waals surface area contributed by atoms with Gasteiger partial charge in [-0.1, -0.05) is 29.3 Å². The number of fused-ring (bicyclic) bond motifs is 1. The number of rotatable bonds is 0. The van der Waals surface area contributed by atoms with Crippen molar-refractivity contribution in [3.05, 3.63) is 27.7 Å². The van der Waals surface area contributed by atoms with Crippen LogP contribution in [0, 0.1) is 17.8 Å². The Labute approximate surface area is 135 Å². The highest BCUT2D eigenvalue weighted by Crippen LogP contribution is 2.51. The number of benzene rings is 1. The van der Waals surface area contributed by atoms with Crippen LogP contribution in [0.1, 0.15) is 37.7 Å². The summed E-state index contributed by atoms with van der Waals surface area (Å²) in [6, 6.07) is 4.70. The molecule has 0 unspecified atom stereocenters. The van der Waals surface area contributed by atoms with Crippen molar-refractivity contribution in [1.82, 2.24) is 4.90 Å². The second-order valence-electron chi connectivity index (χ2n) is 7.23. The summed E-state index contributed by atoms with van der Waals surface area (Å²) in [5.74, 6) is 3.79. The lowest BCUT2D eigenvalue weighted by atomic mass is 9.68. The number of amidine groups is 1. The Morgan fingerprint density at radius 3 is 2.52 bits per heavy atom. The Hall–Kier alpha value is -0.730. The van der Waals surface area contributed by atoms with Crippen LogP contribution in [0.15, 0.2) is 17.1 Å². The Balaban J connectivity index is 1.66. The summed E-state index contributed by atoms with van der Waals surface area (Å²) in [6.07, 6.45) is 6.84. The zero-order valence-electron chi connectivity index (χ0n) is 11.9. The minimum absolute atomic E-state index is 0.618. The lowest BCUT2D eigenvalue weighted by Crippen LogP contribution is -2.41. The third-order valence-corrected chi connectivity index (χ3v) is 6.73. The second-order valence-corrected chi connectivity index (χ2v) is 8.01. The molecule has 6 rings (SSSR count). The minimum Gasteiger partial charge on any atom is -0.352 e. The van der Waals surface area contributed by atoms with Crippen LogP contribution in [0.2, 0.25) is 10.0 Å². The summed E-state index contributed by atoms with van der Waals surface area (Å²) < 4.78 is 0. The van der Waals surface area contributed by atoms with E-state index in [1.54, 1.807) is 0 Å². The Bertz CT molecular complexity index is 640. The predicted octanol–water partition coefficient (Wildman–Crippen LogP) is 5.05. The molecular formula is C17H18Cl2N2. The van der Waals surface area contributed by atoms with Crippen LogP contribution in [0.3, 0.4) is 0 Å². The number of hydrogen-bond acceptors (Lipinski definition) is 2. The number of aliphatic imine (C=N–C) groups is 1. The molecule has 0 amide bonds. The second kappa shape index (κ2) is 4.39. The molecule has 2 nitrogen and oxygen atoms in total. The van der Waals surface area contributed by atoms with Gasteiger partial charge in [0, 0.05) is 18.5 Å². The topological polar surface area (TPSA) is 15.6 Å². The number of hydrogen-bond donors (Lipinski definition) is 0. The first-order chi connectivity index (χ1) is 10.2. The Morgan fingerprint density at radius 1 is 1.00 bits per heavy atom. The first-order valence-electron chi connectivity index (χ1n) is 8.01. The minimum atomic E-state index is 0.618. The van der Waals surface area contributed by atoms with Gasteiger partial charge in [-0.25, -0.2) is 4.99 Å². The molecule has 0 aromatic heterocycles. The van der Waals surface area contributed by atoms with Crippen LogP contribution in [0.5, 0.6) is 0 Å². The fourth-order valence-electron chi connectivity index (χ4n) is 5.19. The average Bonchev–Trinajstić information content (AvgIpc) is 2.64. The normalized spacial score (nSPS) is 36.1. The average molecular weight is 321 g/mol. The van der Waals surface area contributed by atoms with E-state index < -0.39 is 0 Å². The van der Waals surface area contributed by atoms with Crippen molar-refractivity contribution in [3.63, 3.8) is 0 Å². The molecule has 1 aromatic carbocycles.